The Morgan fingerprint density at radius 1 is 1.42 bits per heavy atom. The van der Waals surface area contributed by atoms with E-state index >= 15 is 0 Å². The van der Waals surface area contributed by atoms with Gasteiger partial charge in [-0.05, 0) is 44.7 Å². The minimum atomic E-state index is 0.890. The summed E-state index contributed by atoms with van der Waals surface area (Å²) in [5, 5.41) is 3.47. The van der Waals surface area contributed by atoms with Crippen molar-refractivity contribution in [2.24, 2.45) is 5.92 Å². The lowest BCUT2D eigenvalue weighted by atomic mass is 9.97. The fourth-order valence-electron chi connectivity index (χ4n) is 1.83. The molecule has 1 heterocycles. The van der Waals surface area contributed by atoms with Crippen LogP contribution in [-0.4, -0.2) is 13.1 Å². The summed E-state index contributed by atoms with van der Waals surface area (Å²) in [6.45, 7) is 2.43. The molecular formula is C11H19N. The molecule has 0 aromatic carbocycles. The van der Waals surface area contributed by atoms with Crippen LogP contribution < -0.4 is 5.32 Å². The summed E-state index contributed by atoms with van der Waals surface area (Å²) in [6, 6.07) is 0. The van der Waals surface area contributed by atoms with E-state index in [1.165, 1.54) is 45.2 Å². The largest absolute Gasteiger partial charge is 0.316 e. The van der Waals surface area contributed by atoms with Crippen LogP contribution in [0.15, 0.2) is 0 Å². The fraction of sp³-hybridized carbons (Fsp3) is 0.818. The van der Waals surface area contributed by atoms with Crippen LogP contribution in [0.1, 0.15) is 38.5 Å². The zero-order chi connectivity index (χ0) is 8.65. The highest BCUT2D eigenvalue weighted by molar-refractivity contribution is 4.83. The third-order valence-electron chi connectivity index (χ3n) is 2.58. The molecule has 1 atom stereocenters. The number of rotatable bonds is 3. The lowest BCUT2D eigenvalue weighted by molar-refractivity contribution is 0.436. The lowest BCUT2D eigenvalue weighted by Crippen LogP contribution is -2.20. The Bertz CT molecular complexity index is 138. The first kappa shape index (κ1) is 9.61. The smallest absolute Gasteiger partial charge is 0.00861 e. The van der Waals surface area contributed by atoms with Gasteiger partial charge in [0.25, 0.3) is 0 Å². The van der Waals surface area contributed by atoms with Crippen molar-refractivity contribution >= 4 is 0 Å². The highest BCUT2D eigenvalue weighted by Crippen LogP contribution is 2.17. The second kappa shape index (κ2) is 6.08. The maximum Gasteiger partial charge on any atom is 0.00861 e. The summed E-state index contributed by atoms with van der Waals surface area (Å²) >= 11 is 0. The minimum Gasteiger partial charge on any atom is -0.316 e. The quantitative estimate of drug-likeness (QED) is 0.499. The van der Waals surface area contributed by atoms with Crippen LogP contribution in [0.3, 0.4) is 0 Å². The Morgan fingerprint density at radius 3 is 3.17 bits per heavy atom. The van der Waals surface area contributed by atoms with Crippen LogP contribution in [0.2, 0.25) is 0 Å². The molecule has 0 aromatic heterocycles. The Hall–Kier alpha value is -0.480. The molecule has 0 aromatic rings. The molecule has 68 valence electrons. The Labute approximate surface area is 75.9 Å². The van der Waals surface area contributed by atoms with Gasteiger partial charge in [0.05, 0.1) is 0 Å². The van der Waals surface area contributed by atoms with E-state index in [0.717, 1.165) is 12.3 Å². The maximum atomic E-state index is 5.21. The summed E-state index contributed by atoms with van der Waals surface area (Å²) in [5.41, 5.74) is 0. The van der Waals surface area contributed by atoms with Gasteiger partial charge in [0.2, 0.25) is 0 Å². The van der Waals surface area contributed by atoms with Gasteiger partial charge in [0.15, 0.2) is 0 Å². The molecule has 1 fully saturated rings. The van der Waals surface area contributed by atoms with Crippen molar-refractivity contribution in [1.29, 1.82) is 0 Å². The van der Waals surface area contributed by atoms with Crippen LogP contribution >= 0.6 is 0 Å². The molecule has 1 aliphatic rings. The van der Waals surface area contributed by atoms with E-state index in [-0.39, 0.29) is 0 Å². The first-order valence-electron chi connectivity index (χ1n) is 5.07. The van der Waals surface area contributed by atoms with Crippen molar-refractivity contribution in [3.8, 4) is 12.3 Å². The molecule has 0 saturated carbocycles. The van der Waals surface area contributed by atoms with E-state index < -0.39 is 0 Å². The predicted molar refractivity (Wildman–Crippen MR) is 52.9 cm³/mol. The van der Waals surface area contributed by atoms with Gasteiger partial charge < -0.3 is 5.32 Å². The zero-order valence-corrected chi connectivity index (χ0v) is 7.81. The summed E-state index contributed by atoms with van der Waals surface area (Å²) < 4.78 is 0. The van der Waals surface area contributed by atoms with Crippen molar-refractivity contribution in [3.05, 3.63) is 0 Å². The molecule has 1 heteroatoms. The zero-order valence-electron chi connectivity index (χ0n) is 7.81. The predicted octanol–water partition coefficient (Wildman–Crippen LogP) is 2.18. The second-order valence-corrected chi connectivity index (χ2v) is 3.66. The monoisotopic (exact) mass is 165 g/mol. The van der Waals surface area contributed by atoms with Crippen LogP contribution in [0.5, 0.6) is 0 Å². The van der Waals surface area contributed by atoms with E-state index in [4.69, 9.17) is 6.42 Å². The van der Waals surface area contributed by atoms with Gasteiger partial charge in [-0.1, -0.05) is 6.42 Å². The van der Waals surface area contributed by atoms with Gasteiger partial charge >= 0.3 is 0 Å². The van der Waals surface area contributed by atoms with Gasteiger partial charge in [0.1, 0.15) is 0 Å². The normalized spacial score (nSPS) is 24.4. The number of terminal acetylenes is 1. The number of nitrogens with one attached hydrogen (secondary N) is 1. The SMILES string of the molecule is C#CCCCC1CCCCNC1. The topological polar surface area (TPSA) is 12.0 Å². The van der Waals surface area contributed by atoms with Gasteiger partial charge in [0, 0.05) is 6.42 Å². The molecular weight excluding hydrogens is 146 g/mol. The van der Waals surface area contributed by atoms with E-state index in [0.29, 0.717) is 0 Å². The van der Waals surface area contributed by atoms with E-state index in [1.807, 2.05) is 0 Å². The molecule has 1 rings (SSSR count). The first-order chi connectivity index (χ1) is 5.93. The number of unbranched alkanes of at least 4 members (excludes halogenated alkanes) is 1. The van der Waals surface area contributed by atoms with Crippen molar-refractivity contribution in [2.75, 3.05) is 13.1 Å². The van der Waals surface area contributed by atoms with Crippen molar-refractivity contribution in [3.63, 3.8) is 0 Å². The summed E-state index contributed by atoms with van der Waals surface area (Å²) in [6.07, 6.45) is 12.8. The van der Waals surface area contributed by atoms with Crippen LogP contribution in [0.25, 0.3) is 0 Å². The van der Waals surface area contributed by atoms with E-state index in [1.54, 1.807) is 0 Å². The van der Waals surface area contributed by atoms with Crippen LogP contribution in [-0.2, 0) is 0 Å². The summed E-state index contributed by atoms with van der Waals surface area (Å²) in [7, 11) is 0. The molecule has 0 aliphatic carbocycles. The number of hydrogen-bond acceptors (Lipinski definition) is 1. The highest BCUT2D eigenvalue weighted by Gasteiger charge is 2.10. The van der Waals surface area contributed by atoms with Crippen molar-refractivity contribution in [1.82, 2.24) is 5.32 Å². The standard InChI is InChI=1S/C11H19N/c1-2-3-4-7-11-8-5-6-9-12-10-11/h1,11-12H,3-10H2. The van der Waals surface area contributed by atoms with Crippen LogP contribution in [0, 0.1) is 18.3 Å². The minimum absolute atomic E-state index is 0.890. The molecule has 1 nitrogen and oxygen atoms in total. The Kier molecular flexibility index (Phi) is 4.87. The highest BCUT2D eigenvalue weighted by atomic mass is 14.9. The first-order valence-corrected chi connectivity index (χ1v) is 5.07. The molecule has 0 radical (unpaired) electrons. The fourth-order valence-corrected chi connectivity index (χ4v) is 1.83. The molecule has 1 aliphatic heterocycles. The Morgan fingerprint density at radius 2 is 2.33 bits per heavy atom. The molecule has 1 saturated heterocycles. The van der Waals surface area contributed by atoms with E-state index in [2.05, 4.69) is 11.2 Å². The average Bonchev–Trinajstić information content (AvgIpc) is 2.33. The average molecular weight is 165 g/mol. The van der Waals surface area contributed by atoms with Crippen LogP contribution in [0.4, 0.5) is 0 Å². The molecule has 0 bridgehead atoms. The molecule has 0 amide bonds. The molecule has 12 heavy (non-hydrogen) atoms. The summed E-state index contributed by atoms with van der Waals surface area (Å²) in [5.74, 6) is 3.59. The molecule has 0 spiro atoms. The Balaban J connectivity index is 2.08. The van der Waals surface area contributed by atoms with Crippen molar-refractivity contribution < 1.29 is 0 Å². The number of hydrogen-bond donors (Lipinski definition) is 1. The van der Waals surface area contributed by atoms with E-state index in [9.17, 15) is 0 Å². The molecule has 1 N–H and O–H groups in total. The third kappa shape index (κ3) is 3.78. The van der Waals surface area contributed by atoms with Gasteiger partial charge in [-0.3, -0.25) is 0 Å². The van der Waals surface area contributed by atoms with Gasteiger partial charge in [-0.15, -0.1) is 12.3 Å². The summed E-state index contributed by atoms with van der Waals surface area (Å²) in [4.78, 5) is 0. The van der Waals surface area contributed by atoms with Gasteiger partial charge in [-0.25, -0.2) is 0 Å². The third-order valence-corrected chi connectivity index (χ3v) is 2.58. The lowest BCUT2D eigenvalue weighted by Gasteiger charge is -2.12. The van der Waals surface area contributed by atoms with Crippen molar-refractivity contribution in [2.45, 2.75) is 38.5 Å². The van der Waals surface area contributed by atoms with Gasteiger partial charge in [-0.2, -0.15) is 0 Å². The molecule has 1 unspecified atom stereocenters. The maximum absolute atomic E-state index is 5.21. The second-order valence-electron chi connectivity index (χ2n) is 3.66.